The van der Waals surface area contributed by atoms with Crippen LogP contribution in [0.4, 0.5) is 4.39 Å². The Bertz CT molecular complexity index is 356. The summed E-state index contributed by atoms with van der Waals surface area (Å²) in [6, 6.07) is 4.49. The van der Waals surface area contributed by atoms with E-state index in [0.717, 1.165) is 0 Å². The van der Waals surface area contributed by atoms with Gasteiger partial charge in [-0.2, -0.15) is 0 Å². The van der Waals surface area contributed by atoms with Crippen molar-refractivity contribution in [3.05, 3.63) is 40.1 Å². The molecule has 0 atom stereocenters. The molecular weight excluding hydrogens is 249 g/mol. The molecule has 0 aliphatic carbocycles. The van der Waals surface area contributed by atoms with Crippen molar-refractivity contribution in [3.63, 3.8) is 0 Å². The third kappa shape index (κ3) is 3.70. The van der Waals surface area contributed by atoms with Crippen LogP contribution < -0.4 is 5.73 Å². The lowest BCUT2D eigenvalue weighted by atomic mass is 10.2. The number of carbonyl (C=O) groups is 1. The molecule has 1 aromatic carbocycles. The number of rotatable bonds is 3. The monoisotopic (exact) mass is 257 g/mol. The molecule has 4 heteroatoms. The van der Waals surface area contributed by atoms with Gasteiger partial charge in [0.1, 0.15) is 5.82 Å². The lowest BCUT2D eigenvalue weighted by molar-refractivity contribution is -0.117. The van der Waals surface area contributed by atoms with E-state index in [1.165, 1.54) is 12.1 Å². The van der Waals surface area contributed by atoms with Crippen molar-refractivity contribution in [1.29, 1.82) is 0 Å². The number of amides is 1. The smallest absolute Gasteiger partial charge is 0.221 e. The van der Waals surface area contributed by atoms with E-state index in [9.17, 15) is 9.18 Å². The Morgan fingerprint density at radius 3 is 2.79 bits per heavy atom. The third-order valence-corrected chi connectivity index (χ3v) is 1.97. The van der Waals surface area contributed by atoms with Gasteiger partial charge in [-0.15, -0.1) is 0 Å². The topological polar surface area (TPSA) is 43.1 Å². The summed E-state index contributed by atoms with van der Waals surface area (Å²) < 4.78 is 13.5. The summed E-state index contributed by atoms with van der Waals surface area (Å²) in [6.45, 7) is 0. The summed E-state index contributed by atoms with van der Waals surface area (Å²) in [7, 11) is 0. The molecule has 2 nitrogen and oxygen atoms in total. The predicted octanol–water partition coefficient (Wildman–Crippen LogP) is 2.48. The van der Waals surface area contributed by atoms with E-state index in [2.05, 4.69) is 15.9 Å². The Balaban J connectivity index is 2.76. The zero-order valence-corrected chi connectivity index (χ0v) is 8.92. The summed E-state index contributed by atoms with van der Waals surface area (Å²) in [5.41, 5.74) is 5.64. The highest BCUT2D eigenvalue weighted by molar-refractivity contribution is 9.10. The second kappa shape index (κ2) is 4.91. The van der Waals surface area contributed by atoms with Crippen molar-refractivity contribution in [3.8, 4) is 0 Å². The highest BCUT2D eigenvalue weighted by atomic mass is 79.9. The minimum atomic E-state index is -0.406. The van der Waals surface area contributed by atoms with Crippen LogP contribution in [0.1, 0.15) is 12.0 Å². The van der Waals surface area contributed by atoms with Crippen molar-refractivity contribution >= 4 is 27.9 Å². The predicted molar refractivity (Wildman–Crippen MR) is 56.9 cm³/mol. The molecule has 0 bridgehead atoms. The van der Waals surface area contributed by atoms with Crippen molar-refractivity contribution in [1.82, 2.24) is 0 Å². The number of benzene rings is 1. The fourth-order valence-electron chi connectivity index (χ4n) is 0.983. The van der Waals surface area contributed by atoms with Crippen molar-refractivity contribution < 1.29 is 9.18 Å². The summed E-state index contributed by atoms with van der Waals surface area (Å²) in [6.07, 6.45) is 3.41. The summed E-state index contributed by atoms with van der Waals surface area (Å²) in [5.74, 6) is -0.727. The van der Waals surface area contributed by atoms with Crippen LogP contribution in [0, 0.1) is 5.82 Å². The Labute approximate surface area is 89.7 Å². The average molecular weight is 258 g/mol. The molecule has 1 amide bonds. The van der Waals surface area contributed by atoms with E-state index in [-0.39, 0.29) is 12.2 Å². The van der Waals surface area contributed by atoms with E-state index in [4.69, 9.17) is 5.73 Å². The Morgan fingerprint density at radius 2 is 2.21 bits per heavy atom. The Hall–Kier alpha value is -1.16. The van der Waals surface area contributed by atoms with Gasteiger partial charge in [-0.3, -0.25) is 4.79 Å². The van der Waals surface area contributed by atoms with Gasteiger partial charge >= 0.3 is 0 Å². The largest absolute Gasteiger partial charge is 0.369 e. The standard InChI is InChI=1S/C10H9BrFNO/c11-8-4-7(5-9(12)6-8)2-1-3-10(13)14/h1-2,4-6H,3H2,(H2,13,14). The SMILES string of the molecule is NC(=O)CC=Cc1cc(F)cc(Br)c1. The minimum Gasteiger partial charge on any atom is -0.369 e. The minimum absolute atomic E-state index is 0.161. The quantitative estimate of drug-likeness (QED) is 0.889. The molecule has 2 N–H and O–H groups in total. The highest BCUT2D eigenvalue weighted by Gasteiger charge is 1.95. The molecule has 0 saturated heterocycles. The maximum absolute atomic E-state index is 12.9. The molecule has 0 heterocycles. The molecule has 0 fully saturated rings. The van der Waals surface area contributed by atoms with Gasteiger partial charge in [0.2, 0.25) is 5.91 Å². The van der Waals surface area contributed by atoms with E-state index < -0.39 is 5.91 Å². The highest BCUT2D eigenvalue weighted by Crippen LogP contribution is 2.15. The maximum atomic E-state index is 12.9. The normalized spacial score (nSPS) is 10.7. The van der Waals surface area contributed by atoms with Crippen LogP contribution >= 0.6 is 15.9 Å². The lowest BCUT2D eigenvalue weighted by Gasteiger charge is -1.95. The Morgan fingerprint density at radius 1 is 1.50 bits per heavy atom. The summed E-state index contributed by atoms with van der Waals surface area (Å²) >= 11 is 3.17. The first-order valence-electron chi connectivity index (χ1n) is 3.99. The van der Waals surface area contributed by atoms with Gasteiger partial charge in [0.05, 0.1) is 0 Å². The number of carbonyl (C=O) groups excluding carboxylic acids is 1. The van der Waals surface area contributed by atoms with E-state index in [1.807, 2.05) is 0 Å². The molecule has 74 valence electrons. The number of halogens is 2. The number of primary amides is 1. The molecule has 0 aliphatic rings. The number of hydrogen-bond donors (Lipinski definition) is 1. The van der Waals surface area contributed by atoms with E-state index in [1.54, 1.807) is 18.2 Å². The van der Waals surface area contributed by atoms with Crippen LogP contribution in [-0.2, 0) is 4.79 Å². The second-order valence-corrected chi connectivity index (χ2v) is 3.69. The number of hydrogen-bond acceptors (Lipinski definition) is 1. The fraction of sp³-hybridized carbons (Fsp3) is 0.100. The van der Waals surface area contributed by atoms with Gasteiger partial charge in [-0.05, 0) is 23.8 Å². The third-order valence-electron chi connectivity index (χ3n) is 1.51. The van der Waals surface area contributed by atoms with Crippen LogP contribution in [-0.4, -0.2) is 5.91 Å². The van der Waals surface area contributed by atoms with Crippen LogP contribution in [0.3, 0.4) is 0 Å². The number of nitrogens with two attached hydrogens (primary N) is 1. The van der Waals surface area contributed by atoms with Gasteiger partial charge in [0, 0.05) is 10.9 Å². The molecule has 0 aromatic heterocycles. The molecule has 0 saturated carbocycles. The molecular formula is C10H9BrFNO. The molecule has 0 spiro atoms. The average Bonchev–Trinajstić information content (AvgIpc) is 2.01. The van der Waals surface area contributed by atoms with Crippen LogP contribution in [0.5, 0.6) is 0 Å². The lowest BCUT2D eigenvalue weighted by Crippen LogP contribution is -2.07. The first-order valence-corrected chi connectivity index (χ1v) is 4.78. The first-order chi connectivity index (χ1) is 6.58. The van der Waals surface area contributed by atoms with Gasteiger partial charge < -0.3 is 5.73 Å². The van der Waals surface area contributed by atoms with E-state index >= 15 is 0 Å². The van der Waals surface area contributed by atoms with Gasteiger partial charge in [-0.25, -0.2) is 4.39 Å². The maximum Gasteiger partial charge on any atom is 0.221 e. The van der Waals surface area contributed by atoms with Crippen LogP contribution in [0.25, 0.3) is 6.08 Å². The Kier molecular flexibility index (Phi) is 3.83. The molecule has 0 aliphatic heterocycles. The molecule has 0 radical (unpaired) electrons. The van der Waals surface area contributed by atoms with Crippen molar-refractivity contribution in [2.75, 3.05) is 0 Å². The van der Waals surface area contributed by atoms with Crippen molar-refractivity contribution in [2.24, 2.45) is 5.73 Å². The zero-order valence-electron chi connectivity index (χ0n) is 7.34. The molecule has 1 rings (SSSR count). The molecule has 14 heavy (non-hydrogen) atoms. The summed E-state index contributed by atoms with van der Waals surface area (Å²) in [4.78, 5) is 10.4. The van der Waals surface area contributed by atoms with Crippen LogP contribution in [0.15, 0.2) is 28.7 Å². The first kappa shape index (κ1) is 10.9. The van der Waals surface area contributed by atoms with Gasteiger partial charge in [-0.1, -0.05) is 28.1 Å². The summed E-state index contributed by atoms with van der Waals surface area (Å²) in [5, 5.41) is 0. The van der Waals surface area contributed by atoms with E-state index in [0.29, 0.717) is 10.0 Å². The molecule has 1 aromatic rings. The zero-order chi connectivity index (χ0) is 10.6. The van der Waals surface area contributed by atoms with Crippen molar-refractivity contribution in [2.45, 2.75) is 6.42 Å². The van der Waals surface area contributed by atoms with Gasteiger partial charge in [0.15, 0.2) is 0 Å². The fourth-order valence-corrected chi connectivity index (χ4v) is 1.47. The molecule has 0 unspecified atom stereocenters. The van der Waals surface area contributed by atoms with Crippen LogP contribution in [0.2, 0.25) is 0 Å². The van der Waals surface area contributed by atoms with Gasteiger partial charge in [0.25, 0.3) is 0 Å². The second-order valence-electron chi connectivity index (χ2n) is 2.78.